The van der Waals surface area contributed by atoms with Crippen molar-refractivity contribution >= 4 is 18.0 Å². The lowest BCUT2D eigenvalue weighted by atomic mass is 10.1. The monoisotopic (exact) mass is 415 g/mol. The van der Waals surface area contributed by atoms with Crippen molar-refractivity contribution in [1.82, 2.24) is 10.7 Å². The maximum atomic E-state index is 11.8. The molecule has 1 aromatic rings. The van der Waals surface area contributed by atoms with Crippen LogP contribution in [0, 0.1) is 0 Å². The number of para-hydroxylation sites is 1. The number of benzene rings is 1. The fourth-order valence-corrected chi connectivity index (χ4v) is 3.11. The van der Waals surface area contributed by atoms with E-state index in [-0.39, 0.29) is 18.2 Å². The van der Waals surface area contributed by atoms with E-state index >= 15 is 0 Å². The molecule has 0 heterocycles. The molecule has 0 aliphatic heterocycles. The molecule has 166 valence electrons. The van der Waals surface area contributed by atoms with Gasteiger partial charge in [0.1, 0.15) is 5.75 Å². The number of nitrogens with one attached hydrogen (secondary N) is 2. The summed E-state index contributed by atoms with van der Waals surface area (Å²) in [5.41, 5.74) is 3.60. The van der Waals surface area contributed by atoms with Gasteiger partial charge in [0, 0.05) is 12.0 Å². The predicted octanol–water partition coefficient (Wildman–Crippen LogP) is 4.61. The lowest BCUT2D eigenvalue weighted by molar-refractivity contribution is -0.126. The van der Waals surface area contributed by atoms with E-state index in [4.69, 9.17) is 0 Å². The number of hydrogen-bond donors (Lipinski definition) is 3. The summed E-state index contributed by atoms with van der Waals surface area (Å²) >= 11 is 0. The molecule has 0 bridgehead atoms. The van der Waals surface area contributed by atoms with Crippen LogP contribution in [0.5, 0.6) is 5.75 Å². The lowest BCUT2D eigenvalue weighted by Crippen LogP contribution is -2.34. The summed E-state index contributed by atoms with van der Waals surface area (Å²) in [7, 11) is 0. The number of hydrogen-bond acceptors (Lipinski definition) is 4. The van der Waals surface area contributed by atoms with Crippen LogP contribution in [-0.2, 0) is 16.0 Å². The minimum Gasteiger partial charge on any atom is -0.507 e. The van der Waals surface area contributed by atoms with Gasteiger partial charge < -0.3 is 10.4 Å². The lowest BCUT2D eigenvalue weighted by Gasteiger charge is -2.06. The highest BCUT2D eigenvalue weighted by molar-refractivity contribution is 5.87. The average molecular weight is 416 g/mol. The van der Waals surface area contributed by atoms with E-state index in [1.165, 1.54) is 44.7 Å². The van der Waals surface area contributed by atoms with Crippen LogP contribution in [0.25, 0.3) is 0 Å². The number of nitrogens with zero attached hydrogens (tertiary/aromatic N) is 1. The smallest absolute Gasteiger partial charge is 0.259 e. The van der Waals surface area contributed by atoms with Gasteiger partial charge in [0.15, 0.2) is 0 Å². The Morgan fingerprint density at radius 2 is 1.70 bits per heavy atom. The zero-order valence-corrected chi connectivity index (χ0v) is 18.3. The van der Waals surface area contributed by atoms with Gasteiger partial charge in [0.2, 0.25) is 5.91 Å². The largest absolute Gasteiger partial charge is 0.507 e. The Morgan fingerprint density at radius 1 is 1.03 bits per heavy atom. The molecule has 0 atom stereocenters. The van der Waals surface area contributed by atoms with Gasteiger partial charge in [-0.05, 0) is 24.5 Å². The zero-order valence-electron chi connectivity index (χ0n) is 18.3. The summed E-state index contributed by atoms with van der Waals surface area (Å²) < 4.78 is 0. The van der Waals surface area contributed by atoms with Crippen LogP contribution in [0.1, 0.15) is 82.3 Å². The maximum Gasteiger partial charge on any atom is 0.259 e. The summed E-state index contributed by atoms with van der Waals surface area (Å²) in [5.74, 6) is -0.412. The van der Waals surface area contributed by atoms with Gasteiger partial charge in [-0.25, -0.2) is 5.43 Å². The summed E-state index contributed by atoms with van der Waals surface area (Å²) in [4.78, 5) is 23.6. The van der Waals surface area contributed by atoms with Crippen molar-refractivity contribution in [3.05, 3.63) is 42.0 Å². The Bertz CT molecular complexity index is 686. The molecule has 3 N–H and O–H groups in total. The number of carbonyl (C=O) groups is 2. The van der Waals surface area contributed by atoms with E-state index < -0.39 is 5.91 Å². The topological polar surface area (TPSA) is 90.8 Å². The fourth-order valence-electron chi connectivity index (χ4n) is 3.11. The number of hydrazone groups is 1. The van der Waals surface area contributed by atoms with Crippen LogP contribution in [0.15, 0.2) is 36.0 Å². The number of rotatable bonds is 16. The van der Waals surface area contributed by atoms with Crippen molar-refractivity contribution in [2.75, 3.05) is 6.54 Å². The predicted molar refractivity (Wildman–Crippen MR) is 123 cm³/mol. The molecule has 0 aromatic heterocycles. The standard InChI is InChI=1S/C24H37N3O3/c1-3-5-6-7-8-9-10-11-12-17-22(28)25-19-23(29)27-26-18-21-16-13-15-20(14-4-2)24(21)30/h4,13,15-16,18,30H,2-3,5-12,14,17,19H2,1H3,(H,25,28)(H,27,29). The van der Waals surface area contributed by atoms with Crippen molar-refractivity contribution in [2.24, 2.45) is 5.10 Å². The number of aromatic hydroxyl groups is 1. The van der Waals surface area contributed by atoms with Gasteiger partial charge in [0.05, 0.1) is 12.8 Å². The zero-order chi connectivity index (χ0) is 22.0. The van der Waals surface area contributed by atoms with Gasteiger partial charge >= 0.3 is 0 Å². The quantitative estimate of drug-likeness (QED) is 0.159. The molecule has 6 nitrogen and oxygen atoms in total. The maximum absolute atomic E-state index is 11.8. The first-order chi connectivity index (χ1) is 14.6. The fraction of sp³-hybridized carbons (Fsp3) is 0.542. The molecule has 0 saturated heterocycles. The second kappa shape index (κ2) is 16.2. The van der Waals surface area contributed by atoms with Gasteiger partial charge in [-0.3, -0.25) is 9.59 Å². The summed E-state index contributed by atoms with van der Waals surface area (Å²) in [6.45, 7) is 5.76. The Kier molecular flexibility index (Phi) is 13.7. The highest BCUT2D eigenvalue weighted by Gasteiger charge is 2.06. The first-order valence-corrected chi connectivity index (χ1v) is 11.1. The van der Waals surface area contributed by atoms with Crippen molar-refractivity contribution in [3.63, 3.8) is 0 Å². The minimum absolute atomic E-state index is 0.115. The van der Waals surface area contributed by atoms with Crippen LogP contribution in [0.3, 0.4) is 0 Å². The molecule has 0 radical (unpaired) electrons. The summed E-state index contributed by atoms with van der Waals surface area (Å²) in [6.07, 6.45) is 14.9. The molecular weight excluding hydrogens is 378 g/mol. The van der Waals surface area contributed by atoms with Gasteiger partial charge in [-0.2, -0.15) is 5.10 Å². The van der Waals surface area contributed by atoms with Crippen LogP contribution < -0.4 is 10.7 Å². The molecule has 0 spiro atoms. The Labute approximate surface area is 180 Å². The summed E-state index contributed by atoms with van der Waals surface area (Å²) in [6, 6.07) is 5.30. The molecule has 0 aliphatic rings. The third-order valence-electron chi connectivity index (χ3n) is 4.86. The molecule has 2 amide bonds. The number of unbranched alkanes of at least 4 members (excludes halogenated alkanes) is 8. The van der Waals surface area contributed by atoms with Crippen LogP contribution >= 0.6 is 0 Å². The summed E-state index contributed by atoms with van der Waals surface area (Å²) in [5, 5.41) is 16.6. The van der Waals surface area contributed by atoms with Crippen LogP contribution in [-0.4, -0.2) is 29.7 Å². The molecular formula is C24H37N3O3. The first kappa shape index (κ1) is 25.4. The van der Waals surface area contributed by atoms with E-state index in [1.807, 2.05) is 0 Å². The number of phenols is 1. The molecule has 30 heavy (non-hydrogen) atoms. The second-order valence-electron chi connectivity index (χ2n) is 7.50. The number of phenolic OH excluding ortho intramolecular Hbond substituents is 1. The molecule has 0 fully saturated rings. The van der Waals surface area contributed by atoms with E-state index in [1.54, 1.807) is 24.3 Å². The van der Waals surface area contributed by atoms with Gasteiger partial charge in [-0.1, -0.05) is 76.5 Å². The van der Waals surface area contributed by atoms with Gasteiger partial charge in [-0.15, -0.1) is 6.58 Å². The molecule has 0 saturated carbocycles. The van der Waals surface area contributed by atoms with Crippen molar-refractivity contribution in [2.45, 2.75) is 77.6 Å². The third-order valence-corrected chi connectivity index (χ3v) is 4.86. The van der Waals surface area contributed by atoms with Crippen molar-refractivity contribution < 1.29 is 14.7 Å². The van der Waals surface area contributed by atoms with E-state index in [0.717, 1.165) is 24.8 Å². The van der Waals surface area contributed by atoms with Crippen molar-refractivity contribution in [3.8, 4) is 5.75 Å². The van der Waals surface area contributed by atoms with Crippen LogP contribution in [0.4, 0.5) is 0 Å². The van der Waals surface area contributed by atoms with Crippen LogP contribution in [0.2, 0.25) is 0 Å². The normalized spacial score (nSPS) is 10.8. The first-order valence-electron chi connectivity index (χ1n) is 11.1. The van der Waals surface area contributed by atoms with Gasteiger partial charge in [0.25, 0.3) is 5.91 Å². The average Bonchev–Trinajstić information content (AvgIpc) is 2.74. The minimum atomic E-state index is -0.409. The highest BCUT2D eigenvalue weighted by atomic mass is 16.3. The second-order valence-corrected chi connectivity index (χ2v) is 7.50. The molecule has 0 aliphatic carbocycles. The number of allylic oxidation sites excluding steroid dienone is 1. The molecule has 1 aromatic carbocycles. The number of carbonyl (C=O) groups excluding carboxylic acids is 2. The Morgan fingerprint density at radius 3 is 2.37 bits per heavy atom. The van der Waals surface area contributed by atoms with E-state index in [0.29, 0.717) is 18.4 Å². The highest BCUT2D eigenvalue weighted by Crippen LogP contribution is 2.21. The molecule has 1 rings (SSSR count). The SMILES string of the molecule is C=CCc1cccc(C=NNC(=O)CNC(=O)CCCCCCCCCCC)c1O. The Hall–Kier alpha value is -2.63. The van der Waals surface area contributed by atoms with Crippen molar-refractivity contribution in [1.29, 1.82) is 0 Å². The Balaban J connectivity index is 2.15. The molecule has 6 heteroatoms. The number of amides is 2. The van der Waals surface area contributed by atoms with E-state index in [9.17, 15) is 14.7 Å². The third kappa shape index (κ3) is 11.4. The molecule has 0 unspecified atom stereocenters. The van der Waals surface area contributed by atoms with E-state index in [2.05, 4.69) is 29.3 Å².